The molecule has 0 heterocycles. The molecule has 1 aliphatic rings. The largest absolute Gasteiger partial charge is 0.478 e. The fraction of sp³-hybridized carbons (Fsp3) is 0.364. The zero-order valence-electron chi connectivity index (χ0n) is 23.1. The summed E-state index contributed by atoms with van der Waals surface area (Å²) >= 11 is 1.83. The molecule has 0 saturated carbocycles. The number of aliphatic hydroxyl groups is 1. The molecule has 1 aliphatic carbocycles. The Morgan fingerprint density at radius 2 is 1.61 bits per heavy atom. The minimum atomic E-state index is -0.970. The molecule has 1 atom stereocenters. The molecule has 0 bridgehead atoms. The SMILES string of the molecule is CN(C)c1ccc(CSc2cc(C(O)C#Cc3ccc(C(=O)O)cc3)cc3c2C(C)(C)CCC3(C)C)cc1. The highest BCUT2D eigenvalue weighted by atomic mass is 32.2. The molecular weight excluding hydrogens is 490 g/mol. The van der Waals surface area contributed by atoms with Crippen molar-refractivity contribution in [1.29, 1.82) is 0 Å². The molecule has 2 N–H and O–H groups in total. The maximum atomic E-state index is 11.1. The molecule has 4 nitrogen and oxygen atoms in total. The first-order valence-corrected chi connectivity index (χ1v) is 14.0. The summed E-state index contributed by atoms with van der Waals surface area (Å²) in [6, 6.07) is 19.3. The molecule has 38 heavy (non-hydrogen) atoms. The first-order chi connectivity index (χ1) is 17.9. The molecule has 0 fully saturated rings. The van der Waals surface area contributed by atoms with E-state index in [1.54, 1.807) is 12.1 Å². The number of rotatable bonds is 6. The Labute approximate surface area is 231 Å². The van der Waals surface area contributed by atoms with E-state index in [1.165, 1.54) is 39.4 Å². The van der Waals surface area contributed by atoms with Gasteiger partial charge in [-0.25, -0.2) is 4.79 Å². The standard InChI is InChI=1S/C33H37NO3S/c1-32(2)17-18-33(3,4)30-27(32)19-25(28(35)16-11-22-7-12-24(13-8-22)31(36)37)20-29(30)38-21-23-9-14-26(15-10-23)34(5)6/h7-10,12-15,19-20,28,35H,17-18,21H2,1-6H3,(H,36,37). The highest BCUT2D eigenvalue weighted by molar-refractivity contribution is 7.98. The first kappa shape index (κ1) is 27.8. The van der Waals surface area contributed by atoms with Crippen LogP contribution in [0.3, 0.4) is 0 Å². The van der Waals surface area contributed by atoms with Crippen LogP contribution in [-0.2, 0) is 16.6 Å². The second kappa shape index (κ2) is 10.9. The molecule has 4 rings (SSSR count). The van der Waals surface area contributed by atoms with Crippen LogP contribution in [0.1, 0.15) is 84.8 Å². The number of aromatic carboxylic acids is 1. The summed E-state index contributed by atoms with van der Waals surface area (Å²) < 4.78 is 0. The van der Waals surface area contributed by atoms with Gasteiger partial charge in [0.2, 0.25) is 0 Å². The number of thioether (sulfide) groups is 1. The van der Waals surface area contributed by atoms with Gasteiger partial charge in [-0.3, -0.25) is 0 Å². The van der Waals surface area contributed by atoms with Crippen molar-refractivity contribution in [2.75, 3.05) is 19.0 Å². The van der Waals surface area contributed by atoms with Gasteiger partial charge in [-0.2, -0.15) is 0 Å². The van der Waals surface area contributed by atoms with Gasteiger partial charge in [0.15, 0.2) is 0 Å². The van der Waals surface area contributed by atoms with Crippen LogP contribution in [0.2, 0.25) is 0 Å². The highest BCUT2D eigenvalue weighted by Crippen LogP contribution is 2.50. The van der Waals surface area contributed by atoms with Crippen molar-refractivity contribution in [1.82, 2.24) is 0 Å². The van der Waals surface area contributed by atoms with Crippen LogP contribution >= 0.6 is 11.8 Å². The third-order valence-electron chi connectivity index (χ3n) is 7.55. The van der Waals surface area contributed by atoms with Crippen molar-refractivity contribution in [2.45, 2.75) is 68.1 Å². The van der Waals surface area contributed by atoms with Crippen molar-refractivity contribution in [3.63, 3.8) is 0 Å². The maximum absolute atomic E-state index is 11.1. The fourth-order valence-electron chi connectivity index (χ4n) is 5.01. The molecule has 0 aliphatic heterocycles. The van der Waals surface area contributed by atoms with Crippen LogP contribution in [-0.4, -0.2) is 30.3 Å². The van der Waals surface area contributed by atoms with Crippen molar-refractivity contribution in [3.05, 3.63) is 94.0 Å². The van der Waals surface area contributed by atoms with E-state index < -0.39 is 12.1 Å². The number of fused-ring (bicyclic) bond motifs is 1. The van der Waals surface area contributed by atoms with Gasteiger partial charge in [0.1, 0.15) is 6.10 Å². The van der Waals surface area contributed by atoms with E-state index in [-0.39, 0.29) is 16.4 Å². The van der Waals surface area contributed by atoms with E-state index in [0.717, 1.165) is 24.2 Å². The van der Waals surface area contributed by atoms with E-state index in [2.05, 4.69) is 80.8 Å². The average Bonchev–Trinajstić information content (AvgIpc) is 2.88. The van der Waals surface area contributed by atoms with Gasteiger partial charge in [0.05, 0.1) is 5.56 Å². The second-order valence-electron chi connectivity index (χ2n) is 11.6. The van der Waals surface area contributed by atoms with Crippen molar-refractivity contribution < 1.29 is 15.0 Å². The lowest BCUT2D eigenvalue weighted by Gasteiger charge is -2.43. The lowest BCUT2D eigenvalue weighted by molar-refractivity contribution is 0.0697. The number of carboxylic acid groups (broad SMARTS) is 1. The molecule has 3 aromatic rings. The Balaban J connectivity index is 1.69. The predicted octanol–water partition coefficient (Wildman–Crippen LogP) is 7.18. The minimum absolute atomic E-state index is 0.00332. The minimum Gasteiger partial charge on any atom is -0.478 e. The summed E-state index contributed by atoms with van der Waals surface area (Å²) in [5.41, 5.74) is 6.86. The molecule has 0 spiro atoms. The van der Waals surface area contributed by atoms with Crippen LogP contribution in [0, 0.1) is 11.8 Å². The quantitative estimate of drug-likeness (QED) is 0.263. The Morgan fingerprint density at radius 1 is 0.974 bits per heavy atom. The monoisotopic (exact) mass is 527 g/mol. The Bertz CT molecular complexity index is 1380. The van der Waals surface area contributed by atoms with Gasteiger partial charge in [-0.15, -0.1) is 11.8 Å². The number of carboxylic acids is 1. The fourth-order valence-corrected chi connectivity index (χ4v) is 6.27. The van der Waals surface area contributed by atoms with Gasteiger partial charge >= 0.3 is 5.97 Å². The molecule has 3 aromatic carbocycles. The summed E-state index contributed by atoms with van der Waals surface area (Å²) in [7, 11) is 4.09. The van der Waals surface area contributed by atoms with Crippen molar-refractivity contribution in [3.8, 4) is 11.8 Å². The van der Waals surface area contributed by atoms with Crippen LogP contribution < -0.4 is 4.90 Å². The van der Waals surface area contributed by atoms with Gasteiger partial charge < -0.3 is 15.1 Å². The Morgan fingerprint density at radius 3 is 2.21 bits per heavy atom. The number of nitrogens with zero attached hydrogens (tertiary/aromatic N) is 1. The highest BCUT2D eigenvalue weighted by Gasteiger charge is 2.39. The summed E-state index contributed by atoms with van der Waals surface area (Å²) in [6.45, 7) is 9.24. The number of hydrogen-bond donors (Lipinski definition) is 2. The number of anilines is 1. The van der Waals surface area contributed by atoms with Crippen molar-refractivity contribution >= 4 is 23.4 Å². The van der Waals surface area contributed by atoms with E-state index in [0.29, 0.717) is 5.56 Å². The molecule has 0 radical (unpaired) electrons. The van der Waals surface area contributed by atoms with Crippen LogP contribution in [0.5, 0.6) is 0 Å². The van der Waals surface area contributed by atoms with Crippen molar-refractivity contribution in [2.24, 2.45) is 0 Å². The maximum Gasteiger partial charge on any atom is 0.335 e. The average molecular weight is 528 g/mol. The molecule has 0 aromatic heterocycles. The van der Waals surface area contributed by atoms with Gasteiger partial charge in [-0.1, -0.05) is 57.7 Å². The van der Waals surface area contributed by atoms with E-state index in [4.69, 9.17) is 5.11 Å². The molecular formula is C33H37NO3S. The Hall–Kier alpha value is -3.20. The predicted molar refractivity (Wildman–Crippen MR) is 157 cm³/mol. The lowest BCUT2D eigenvalue weighted by atomic mass is 9.63. The Kier molecular flexibility index (Phi) is 7.97. The number of carbonyl (C=O) groups is 1. The van der Waals surface area contributed by atoms with E-state index in [9.17, 15) is 9.90 Å². The first-order valence-electron chi connectivity index (χ1n) is 13.0. The summed E-state index contributed by atoms with van der Waals surface area (Å²) in [4.78, 5) is 14.4. The molecule has 1 unspecified atom stereocenters. The van der Waals surface area contributed by atoms with E-state index in [1.807, 2.05) is 25.9 Å². The smallest absolute Gasteiger partial charge is 0.335 e. The second-order valence-corrected chi connectivity index (χ2v) is 12.6. The lowest BCUT2D eigenvalue weighted by Crippen LogP contribution is -2.34. The van der Waals surface area contributed by atoms with Gasteiger partial charge in [0.25, 0.3) is 0 Å². The molecule has 5 heteroatoms. The number of benzene rings is 3. The third-order valence-corrected chi connectivity index (χ3v) is 8.66. The zero-order chi connectivity index (χ0) is 27.7. The number of aliphatic hydroxyl groups excluding tert-OH is 1. The van der Waals surface area contributed by atoms with Crippen LogP contribution in [0.15, 0.2) is 65.6 Å². The molecule has 198 valence electrons. The van der Waals surface area contributed by atoms with E-state index >= 15 is 0 Å². The molecule has 0 amide bonds. The van der Waals surface area contributed by atoms with Gasteiger partial charge in [0, 0.05) is 36.0 Å². The third kappa shape index (κ3) is 6.09. The van der Waals surface area contributed by atoms with Crippen LogP contribution in [0.4, 0.5) is 5.69 Å². The van der Waals surface area contributed by atoms with Gasteiger partial charge in [-0.05, 0) is 88.4 Å². The zero-order valence-corrected chi connectivity index (χ0v) is 23.9. The molecule has 0 saturated heterocycles. The summed E-state index contributed by atoms with van der Waals surface area (Å²) in [5, 5.41) is 20.3. The topological polar surface area (TPSA) is 60.8 Å². The summed E-state index contributed by atoms with van der Waals surface area (Å²) in [5.74, 6) is 5.87. The summed E-state index contributed by atoms with van der Waals surface area (Å²) in [6.07, 6.45) is 1.26. The number of hydrogen-bond acceptors (Lipinski definition) is 4. The van der Waals surface area contributed by atoms with Crippen LogP contribution in [0.25, 0.3) is 0 Å². The normalized spacial score (nSPS) is 16.1.